The maximum absolute atomic E-state index is 5.35. The lowest BCUT2D eigenvalue weighted by molar-refractivity contribution is 0.324. The molecule has 0 amide bonds. The van der Waals surface area contributed by atoms with Crippen molar-refractivity contribution in [3.05, 3.63) is 34.5 Å². The van der Waals surface area contributed by atoms with Gasteiger partial charge in [-0.05, 0) is 31.5 Å². The van der Waals surface area contributed by atoms with Crippen molar-refractivity contribution in [1.82, 2.24) is 9.97 Å². The van der Waals surface area contributed by atoms with Crippen LogP contribution >= 0.6 is 11.3 Å². The van der Waals surface area contributed by atoms with E-state index in [9.17, 15) is 0 Å². The molecule has 0 aliphatic rings. The molecule has 1 aromatic carbocycles. The Balaban J connectivity index is 1.90. The van der Waals surface area contributed by atoms with Gasteiger partial charge in [0.2, 0.25) is 5.75 Å². The minimum Gasteiger partial charge on any atom is -0.493 e. The van der Waals surface area contributed by atoms with Gasteiger partial charge in [0.1, 0.15) is 11.2 Å². The number of ether oxygens (including phenoxy) is 3. The summed E-state index contributed by atoms with van der Waals surface area (Å²) >= 11 is 1.65. The number of rotatable bonds is 6. The summed E-state index contributed by atoms with van der Waals surface area (Å²) in [5, 5.41) is 5.30. The Kier molecular flexibility index (Phi) is 5.22. The Labute approximate surface area is 155 Å². The zero-order chi connectivity index (χ0) is 18.7. The SMILES string of the molecule is COc1cc(C=NNc2ncnc3sc(C)c(C)c23)cc(OC)c1OC. The van der Waals surface area contributed by atoms with Crippen LogP contribution in [0.15, 0.2) is 23.6 Å². The Bertz CT molecular complexity index is 943. The Morgan fingerprint density at radius 3 is 2.35 bits per heavy atom. The molecule has 2 aromatic heterocycles. The van der Waals surface area contributed by atoms with Crippen LogP contribution in [0.25, 0.3) is 10.2 Å². The van der Waals surface area contributed by atoms with Crippen LogP contribution in [0.3, 0.4) is 0 Å². The third kappa shape index (κ3) is 3.28. The van der Waals surface area contributed by atoms with E-state index in [2.05, 4.69) is 34.3 Å². The lowest BCUT2D eigenvalue weighted by Crippen LogP contribution is -1.98. The molecule has 0 atom stereocenters. The fourth-order valence-corrected chi connectivity index (χ4v) is 3.61. The molecule has 0 bridgehead atoms. The third-order valence-electron chi connectivity index (χ3n) is 4.04. The van der Waals surface area contributed by atoms with E-state index in [4.69, 9.17) is 14.2 Å². The molecule has 0 spiro atoms. The second-order valence-corrected chi connectivity index (χ2v) is 6.72. The topological polar surface area (TPSA) is 77.9 Å². The predicted octanol–water partition coefficient (Wildman–Crippen LogP) is 3.78. The van der Waals surface area contributed by atoms with E-state index < -0.39 is 0 Å². The molecule has 0 saturated carbocycles. The number of hydrogen-bond acceptors (Lipinski definition) is 8. The van der Waals surface area contributed by atoms with Crippen molar-refractivity contribution >= 4 is 33.6 Å². The number of hydrogen-bond donors (Lipinski definition) is 1. The molecule has 3 rings (SSSR count). The molecule has 1 N–H and O–H groups in total. The van der Waals surface area contributed by atoms with Crippen LogP contribution in [0, 0.1) is 13.8 Å². The van der Waals surface area contributed by atoms with Crippen molar-refractivity contribution in [2.45, 2.75) is 13.8 Å². The summed E-state index contributed by atoms with van der Waals surface area (Å²) in [4.78, 5) is 10.8. The molecule has 0 aliphatic heterocycles. The van der Waals surface area contributed by atoms with Crippen LogP contribution in [0.5, 0.6) is 17.2 Å². The van der Waals surface area contributed by atoms with Gasteiger partial charge >= 0.3 is 0 Å². The normalized spacial score (nSPS) is 11.1. The summed E-state index contributed by atoms with van der Waals surface area (Å²) in [5.41, 5.74) is 4.97. The van der Waals surface area contributed by atoms with E-state index >= 15 is 0 Å². The van der Waals surface area contributed by atoms with E-state index in [-0.39, 0.29) is 0 Å². The van der Waals surface area contributed by atoms with E-state index in [0.29, 0.717) is 23.1 Å². The van der Waals surface area contributed by atoms with Gasteiger partial charge in [0, 0.05) is 10.4 Å². The van der Waals surface area contributed by atoms with Gasteiger partial charge in [-0.1, -0.05) is 0 Å². The maximum Gasteiger partial charge on any atom is 0.203 e. The molecule has 26 heavy (non-hydrogen) atoms. The van der Waals surface area contributed by atoms with Crippen LogP contribution < -0.4 is 19.6 Å². The summed E-state index contributed by atoms with van der Waals surface area (Å²) in [6, 6.07) is 3.64. The highest BCUT2D eigenvalue weighted by molar-refractivity contribution is 7.18. The fourth-order valence-electron chi connectivity index (χ4n) is 2.61. The first-order chi connectivity index (χ1) is 12.6. The summed E-state index contributed by atoms with van der Waals surface area (Å²) < 4.78 is 16.0. The molecule has 0 radical (unpaired) electrons. The molecule has 3 aromatic rings. The lowest BCUT2D eigenvalue weighted by atomic mass is 10.2. The zero-order valence-electron chi connectivity index (χ0n) is 15.3. The minimum absolute atomic E-state index is 0.544. The first-order valence-corrected chi connectivity index (χ1v) is 8.70. The average molecular weight is 372 g/mol. The molecule has 7 nitrogen and oxygen atoms in total. The van der Waals surface area contributed by atoms with Crippen LogP contribution in [-0.4, -0.2) is 37.5 Å². The molecular formula is C18H20N4O3S. The Morgan fingerprint density at radius 1 is 1.04 bits per heavy atom. The van der Waals surface area contributed by atoms with Gasteiger partial charge in [0.25, 0.3) is 0 Å². The fraction of sp³-hybridized carbons (Fsp3) is 0.278. The number of nitrogens with zero attached hydrogens (tertiary/aromatic N) is 3. The maximum atomic E-state index is 5.35. The minimum atomic E-state index is 0.544. The average Bonchev–Trinajstić information content (AvgIpc) is 2.95. The van der Waals surface area contributed by atoms with Gasteiger partial charge in [0.05, 0.1) is 32.9 Å². The summed E-state index contributed by atoms with van der Waals surface area (Å²) in [6.07, 6.45) is 3.21. The number of nitrogens with one attached hydrogen (secondary N) is 1. The number of methoxy groups -OCH3 is 3. The zero-order valence-corrected chi connectivity index (χ0v) is 16.1. The number of fused-ring (bicyclic) bond motifs is 1. The monoisotopic (exact) mass is 372 g/mol. The molecule has 2 heterocycles. The molecule has 0 aliphatic carbocycles. The highest BCUT2D eigenvalue weighted by atomic mass is 32.1. The van der Waals surface area contributed by atoms with Crippen LogP contribution in [0.2, 0.25) is 0 Å². The van der Waals surface area contributed by atoms with Crippen molar-refractivity contribution in [2.75, 3.05) is 26.8 Å². The number of aromatic nitrogens is 2. The van der Waals surface area contributed by atoms with Crippen LogP contribution in [0.4, 0.5) is 5.82 Å². The van der Waals surface area contributed by atoms with Crippen molar-refractivity contribution in [1.29, 1.82) is 0 Å². The summed E-state index contributed by atoms with van der Waals surface area (Å²) in [7, 11) is 4.73. The largest absolute Gasteiger partial charge is 0.493 e. The predicted molar refractivity (Wildman–Crippen MR) is 104 cm³/mol. The highest BCUT2D eigenvalue weighted by Crippen LogP contribution is 2.38. The van der Waals surface area contributed by atoms with Crippen LogP contribution in [-0.2, 0) is 0 Å². The van der Waals surface area contributed by atoms with Crippen molar-refractivity contribution in [2.24, 2.45) is 5.10 Å². The molecule has 0 saturated heterocycles. The number of aryl methyl sites for hydroxylation is 2. The first-order valence-electron chi connectivity index (χ1n) is 7.88. The molecule has 8 heteroatoms. The van der Waals surface area contributed by atoms with Crippen molar-refractivity contribution in [3.63, 3.8) is 0 Å². The molecule has 136 valence electrons. The smallest absolute Gasteiger partial charge is 0.203 e. The second-order valence-electron chi connectivity index (χ2n) is 5.51. The van der Waals surface area contributed by atoms with E-state index in [1.165, 1.54) is 11.2 Å². The summed E-state index contributed by atoms with van der Waals surface area (Å²) in [5.74, 6) is 2.37. The summed E-state index contributed by atoms with van der Waals surface area (Å²) in [6.45, 7) is 4.14. The number of hydrazone groups is 1. The molecular weight excluding hydrogens is 352 g/mol. The number of thiophene rings is 1. The van der Waals surface area contributed by atoms with Gasteiger partial charge in [-0.3, -0.25) is 5.43 Å². The van der Waals surface area contributed by atoms with E-state index in [1.807, 2.05) is 12.1 Å². The third-order valence-corrected chi connectivity index (χ3v) is 5.15. The first kappa shape index (κ1) is 17.9. The molecule has 0 fully saturated rings. The van der Waals surface area contributed by atoms with Gasteiger partial charge < -0.3 is 14.2 Å². The van der Waals surface area contributed by atoms with Crippen molar-refractivity contribution < 1.29 is 14.2 Å². The van der Waals surface area contributed by atoms with E-state index in [1.54, 1.807) is 38.9 Å². The van der Waals surface area contributed by atoms with E-state index in [0.717, 1.165) is 21.3 Å². The van der Waals surface area contributed by atoms with Gasteiger partial charge in [-0.15, -0.1) is 11.3 Å². The van der Waals surface area contributed by atoms with Gasteiger partial charge in [-0.25, -0.2) is 9.97 Å². The van der Waals surface area contributed by atoms with Crippen LogP contribution in [0.1, 0.15) is 16.0 Å². The second kappa shape index (κ2) is 7.57. The van der Waals surface area contributed by atoms with Crippen molar-refractivity contribution in [3.8, 4) is 17.2 Å². The number of benzene rings is 1. The molecule has 0 unspecified atom stereocenters. The number of anilines is 1. The quantitative estimate of drug-likeness (QED) is 0.524. The Hall–Kier alpha value is -2.87. The highest BCUT2D eigenvalue weighted by Gasteiger charge is 2.13. The van der Waals surface area contributed by atoms with Gasteiger partial charge in [-0.2, -0.15) is 5.10 Å². The lowest BCUT2D eigenvalue weighted by Gasteiger charge is -2.12. The standard InChI is InChI=1S/C18H20N4O3S/c1-10-11(2)26-18-15(10)17(19-9-20-18)22-21-8-12-6-13(23-3)16(25-5)14(7-12)24-4/h6-9H,1-5H3,(H,19,20,22). The van der Waals surface area contributed by atoms with Gasteiger partial charge in [0.15, 0.2) is 17.3 Å². The Morgan fingerprint density at radius 2 is 1.73 bits per heavy atom.